The number of fused-ring (bicyclic) bond motifs is 2. The van der Waals surface area contributed by atoms with E-state index in [2.05, 4.69) is 9.97 Å². The fourth-order valence-corrected chi connectivity index (χ4v) is 2.94. The van der Waals surface area contributed by atoms with Crippen LogP contribution in [0.15, 0.2) is 48.7 Å². The van der Waals surface area contributed by atoms with Gasteiger partial charge in [0.1, 0.15) is 5.82 Å². The predicted octanol–water partition coefficient (Wildman–Crippen LogP) is 2.97. The van der Waals surface area contributed by atoms with Gasteiger partial charge in [-0.3, -0.25) is 4.79 Å². The van der Waals surface area contributed by atoms with Crippen LogP contribution in [0.4, 0.5) is 4.39 Å². The standard InChI is InChI=1S/C18H14FN3O/c19-15-5-1-3-13(10-15)18(23)22-8-6-16-14(11-22)9-12-4-2-7-20-17(12)21-16/h1-5,7,9-10H,6,8,11H2. The van der Waals surface area contributed by atoms with Gasteiger partial charge in [-0.2, -0.15) is 0 Å². The molecule has 0 unspecified atom stereocenters. The molecule has 1 aliphatic rings. The molecule has 4 nitrogen and oxygen atoms in total. The molecule has 5 heteroatoms. The van der Waals surface area contributed by atoms with E-state index in [-0.39, 0.29) is 5.91 Å². The van der Waals surface area contributed by atoms with E-state index in [0.29, 0.717) is 25.1 Å². The van der Waals surface area contributed by atoms with Crippen molar-refractivity contribution in [2.75, 3.05) is 6.54 Å². The molecule has 0 N–H and O–H groups in total. The molecule has 0 radical (unpaired) electrons. The molecule has 1 amide bonds. The molecular weight excluding hydrogens is 293 g/mol. The average Bonchev–Trinajstić information content (AvgIpc) is 2.59. The number of benzene rings is 1. The molecule has 1 aliphatic heterocycles. The van der Waals surface area contributed by atoms with Crippen LogP contribution in [0.1, 0.15) is 21.6 Å². The fourth-order valence-electron chi connectivity index (χ4n) is 2.94. The van der Waals surface area contributed by atoms with Gasteiger partial charge >= 0.3 is 0 Å². The van der Waals surface area contributed by atoms with E-state index in [9.17, 15) is 9.18 Å². The summed E-state index contributed by atoms with van der Waals surface area (Å²) in [6.07, 6.45) is 2.41. The first-order valence-corrected chi connectivity index (χ1v) is 7.49. The van der Waals surface area contributed by atoms with Crippen molar-refractivity contribution in [3.05, 3.63) is 71.3 Å². The number of rotatable bonds is 1. The van der Waals surface area contributed by atoms with Crippen molar-refractivity contribution < 1.29 is 9.18 Å². The molecule has 23 heavy (non-hydrogen) atoms. The van der Waals surface area contributed by atoms with Crippen LogP contribution < -0.4 is 0 Å². The zero-order valence-corrected chi connectivity index (χ0v) is 12.4. The summed E-state index contributed by atoms with van der Waals surface area (Å²) in [4.78, 5) is 23.1. The molecule has 0 saturated carbocycles. The van der Waals surface area contributed by atoms with Crippen molar-refractivity contribution in [1.29, 1.82) is 0 Å². The SMILES string of the molecule is O=C(c1cccc(F)c1)N1CCc2nc3ncccc3cc2C1. The summed E-state index contributed by atoms with van der Waals surface area (Å²) in [5, 5.41) is 0.964. The summed E-state index contributed by atoms with van der Waals surface area (Å²) in [5.41, 5.74) is 3.13. The Morgan fingerprint density at radius 3 is 2.96 bits per heavy atom. The Kier molecular flexibility index (Phi) is 3.26. The number of carbonyl (C=O) groups excluding carboxylic acids is 1. The number of aromatic nitrogens is 2. The quantitative estimate of drug-likeness (QED) is 0.694. The summed E-state index contributed by atoms with van der Waals surface area (Å²) in [7, 11) is 0. The number of halogens is 1. The predicted molar refractivity (Wildman–Crippen MR) is 84.4 cm³/mol. The normalized spacial score (nSPS) is 13.9. The smallest absolute Gasteiger partial charge is 0.254 e. The van der Waals surface area contributed by atoms with Crippen LogP contribution in [0.25, 0.3) is 11.0 Å². The molecule has 4 rings (SSSR count). The first kappa shape index (κ1) is 13.8. The lowest BCUT2D eigenvalue weighted by Crippen LogP contribution is -2.36. The van der Waals surface area contributed by atoms with E-state index in [1.165, 1.54) is 12.1 Å². The second-order valence-electron chi connectivity index (χ2n) is 5.63. The van der Waals surface area contributed by atoms with Gasteiger partial charge in [0, 0.05) is 42.4 Å². The maximum Gasteiger partial charge on any atom is 0.254 e. The third-order valence-electron chi connectivity index (χ3n) is 4.10. The van der Waals surface area contributed by atoms with Crippen molar-refractivity contribution >= 4 is 16.9 Å². The van der Waals surface area contributed by atoms with E-state index >= 15 is 0 Å². The molecule has 0 spiro atoms. The Bertz CT molecular complexity index is 910. The summed E-state index contributed by atoms with van der Waals surface area (Å²) >= 11 is 0. The second kappa shape index (κ2) is 5.43. The largest absolute Gasteiger partial charge is 0.334 e. The molecule has 2 aromatic heterocycles. The summed E-state index contributed by atoms with van der Waals surface area (Å²) in [6, 6.07) is 11.7. The van der Waals surface area contributed by atoms with Crippen LogP contribution in [0, 0.1) is 5.82 Å². The minimum atomic E-state index is -0.396. The molecule has 114 valence electrons. The van der Waals surface area contributed by atoms with Gasteiger partial charge in [-0.1, -0.05) is 6.07 Å². The lowest BCUT2D eigenvalue weighted by atomic mass is 10.0. The Morgan fingerprint density at radius 1 is 1.17 bits per heavy atom. The second-order valence-corrected chi connectivity index (χ2v) is 5.63. The minimum absolute atomic E-state index is 0.151. The highest BCUT2D eigenvalue weighted by molar-refractivity contribution is 5.94. The van der Waals surface area contributed by atoms with E-state index < -0.39 is 5.82 Å². The van der Waals surface area contributed by atoms with Gasteiger partial charge in [-0.25, -0.2) is 14.4 Å². The highest BCUT2D eigenvalue weighted by Gasteiger charge is 2.23. The fraction of sp³-hybridized carbons (Fsp3) is 0.167. The lowest BCUT2D eigenvalue weighted by molar-refractivity contribution is 0.0733. The summed E-state index contributed by atoms with van der Waals surface area (Å²) in [6.45, 7) is 1.07. The van der Waals surface area contributed by atoms with Crippen molar-refractivity contribution in [2.45, 2.75) is 13.0 Å². The van der Waals surface area contributed by atoms with Crippen molar-refractivity contribution in [3.63, 3.8) is 0 Å². The lowest BCUT2D eigenvalue weighted by Gasteiger charge is -2.28. The van der Waals surface area contributed by atoms with Gasteiger partial charge in [-0.05, 0) is 42.0 Å². The zero-order valence-electron chi connectivity index (χ0n) is 12.4. The molecule has 0 fully saturated rings. The maximum atomic E-state index is 13.3. The summed E-state index contributed by atoms with van der Waals surface area (Å²) in [5.74, 6) is -0.548. The maximum absolute atomic E-state index is 13.3. The molecule has 3 aromatic rings. The van der Waals surface area contributed by atoms with Crippen LogP contribution in [-0.4, -0.2) is 27.3 Å². The van der Waals surface area contributed by atoms with Crippen LogP contribution in [0.5, 0.6) is 0 Å². The van der Waals surface area contributed by atoms with Crippen LogP contribution in [0.2, 0.25) is 0 Å². The van der Waals surface area contributed by atoms with Crippen LogP contribution in [0.3, 0.4) is 0 Å². The van der Waals surface area contributed by atoms with E-state index in [4.69, 9.17) is 0 Å². The third kappa shape index (κ3) is 2.54. The number of hydrogen-bond acceptors (Lipinski definition) is 3. The van der Waals surface area contributed by atoms with Gasteiger partial charge in [0.25, 0.3) is 5.91 Å². The highest BCUT2D eigenvalue weighted by atomic mass is 19.1. The minimum Gasteiger partial charge on any atom is -0.334 e. The number of nitrogens with zero attached hydrogens (tertiary/aromatic N) is 3. The molecule has 1 aromatic carbocycles. The number of carbonyl (C=O) groups is 1. The van der Waals surface area contributed by atoms with E-state index in [1.54, 1.807) is 23.2 Å². The van der Waals surface area contributed by atoms with Crippen molar-refractivity contribution in [3.8, 4) is 0 Å². The Balaban J connectivity index is 1.65. The van der Waals surface area contributed by atoms with Gasteiger partial charge in [0.05, 0.1) is 0 Å². The van der Waals surface area contributed by atoms with E-state index in [1.807, 2.05) is 18.2 Å². The Morgan fingerprint density at radius 2 is 2.09 bits per heavy atom. The Labute approximate surface area is 132 Å². The monoisotopic (exact) mass is 307 g/mol. The molecule has 0 bridgehead atoms. The Hall–Kier alpha value is -2.82. The zero-order chi connectivity index (χ0) is 15.8. The number of amides is 1. The molecule has 0 aliphatic carbocycles. The topological polar surface area (TPSA) is 46.1 Å². The molecule has 0 saturated heterocycles. The number of pyridine rings is 2. The van der Waals surface area contributed by atoms with Gasteiger partial charge in [0.15, 0.2) is 5.65 Å². The van der Waals surface area contributed by atoms with Gasteiger partial charge < -0.3 is 4.90 Å². The van der Waals surface area contributed by atoms with Gasteiger partial charge in [0.2, 0.25) is 0 Å². The number of hydrogen-bond donors (Lipinski definition) is 0. The van der Waals surface area contributed by atoms with E-state index in [0.717, 1.165) is 22.3 Å². The first-order chi connectivity index (χ1) is 11.2. The molecule has 3 heterocycles. The third-order valence-corrected chi connectivity index (χ3v) is 4.10. The first-order valence-electron chi connectivity index (χ1n) is 7.49. The van der Waals surface area contributed by atoms with Crippen LogP contribution in [-0.2, 0) is 13.0 Å². The average molecular weight is 307 g/mol. The van der Waals surface area contributed by atoms with Gasteiger partial charge in [-0.15, -0.1) is 0 Å². The van der Waals surface area contributed by atoms with Crippen molar-refractivity contribution in [2.24, 2.45) is 0 Å². The van der Waals surface area contributed by atoms with Crippen LogP contribution >= 0.6 is 0 Å². The molecular formula is C18H14FN3O. The van der Waals surface area contributed by atoms with Crippen molar-refractivity contribution in [1.82, 2.24) is 14.9 Å². The highest BCUT2D eigenvalue weighted by Crippen LogP contribution is 2.22. The summed E-state index contributed by atoms with van der Waals surface area (Å²) < 4.78 is 13.3. The molecule has 0 atom stereocenters.